The van der Waals surface area contributed by atoms with E-state index in [9.17, 15) is 0 Å². The van der Waals surface area contributed by atoms with Gasteiger partial charge >= 0.3 is 0 Å². The van der Waals surface area contributed by atoms with E-state index in [-0.39, 0.29) is 12.0 Å². The molecule has 0 aliphatic heterocycles. The summed E-state index contributed by atoms with van der Waals surface area (Å²) >= 11 is 0. The van der Waals surface area contributed by atoms with E-state index >= 15 is 0 Å². The summed E-state index contributed by atoms with van der Waals surface area (Å²) in [5.74, 6) is 0.287. The van der Waals surface area contributed by atoms with Crippen LogP contribution in [-0.4, -0.2) is 11.2 Å². The molecule has 9 heavy (non-hydrogen) atoms. The van der Waals surface area contributed by atoms with Crippen LogP contribution in [0.4, 0.5) is 0 Å². The second-order valence-corrected chi connectivity index (χ2v) is 2.62. The molecule has 1 unspecified atom stereocenters. The van der Waals surface area contributed by atoms with E-state index in [4.69, 9.17) is 5.11 Å². The fourth-order valence-corrected chi connectivity index (χ4v) is 0.994. The second kappa shape index (κ2) is 2.36. The van der Waals surface area contributed by atoms with Crippen molar-refractivity contribution in [2.75, 3.05) is 0 Å². The van der Waals surface area contributed by atoms with Crippen molar-refractivity contribution in [1.82, 2.24) is 0 Å². The molecule has 1 rings (SSSR count). The zero-order valence-electron chi connectivity index (χ0n) is 5.83. The van der Waals surface area contributed by atoms with Crippen LogP contribution in [0.1, 0.15) is 13.8 Å². The first-order valence-electron chi connectivity index (χ1n) is 3.25. The summed E-state index contributed by atoms with van der Waals surface area (Å²) in [5.41, 5.74) is 1.24. The normalized spacial score (nSPS) is 34.3. The van der Waals surface area contributed by atoms with Crippen LogP contribution in [0.5, 0.6) is 0 Å². The van der Waals surface area contributed by atoms with Crippen molar-refractivity contribution in [3.05, 3.63) is 23.8 Å². The molecule has 1 nitrogen and oxygen atoms in total. The molecular formula is C8H12O. The first-order valence-corrected chi connectivity index (χ1v) is 3.25. The maximum Gasteiger partial charge on any atom is 0.0784 e. The molecule has 0 fully saturated rings. The Kier molecular flexibility index (Phi) is 1.72. The number of rotatable bonds is 0. The average molecular weight is 124 g/mol. The van der Waals surface area contributed by atoms with Gasteiger partial charge in [-0.05, 0) is 6.92 Å². The second-order valence-electron chi connectivity index (χ2n) is 2.62. The van der Waals surface area contributed by atoms with Gasteiger partial charge in [-0.3, -0.25) is 0 Å². The summed E-state index contributed by atoms with van der Waals surface area (Å²) in [5, 5.41) is 9.16. The molecule has 0 saturated carbocycles. The van der Waals surface area contributed by atoms with E-state index in [2.05, 4.69) is 6.08 Å². The third-order valence-corrected chi connectivity index (χ3v) is 1.62. The van der Waals surface area contributed by atoms with Crippen LogP contribution in [0.15, 0.2) is 23.8 Å². The first kappa shape index (κ1) is 6.56. The van der Waals surface area contributed by atoms with Gasteiger partial charge in [0.1, 0.15) is 0 Å². The summed E-state index contributed by atoms with van der Waals surface area (Å²) in [4.78, 5) is 0. The summed E-state index contributed by atoms with van der Waals surface area (Å²) in [6, 6.07) is 0. The van der Waals surface area contributed by atoms with E-state index in [0.717, 1.165) is 0 Å². The fraction of sp³-hybridized carbons (Fsp3) is 0.500. The summed E-state index contributed by atoms with van der Waals surface area (Å²) < 4.78 is 0. The molecule has 2 atom stereocenters. The van der Waals surface area contributed by atoms with Gasteiger partial charge < -0.3 is 5.11 Å². The van der Waals surface area contributed by atoms with Crippen molar-refractivity contribution >= 4 is 0 Å². The zero-order valence-corrected chi connectivity index (χ0v) is 5.83. The van der Waals surface area contributed by atoms with E-state index in [1.165, 1.54) is 5.57 Å². The third-order valence-electron chi connectivity index (χ3n) is 1.62. The average Bonchev–Trinajstić information content (AvgIpc) is 1.80. The van der Waals surface area contributed by atoms with Crippen molar-refractivity contribution in [2.45, 2.75) is 20.0 Å². The molecule has 0 saturated heterocycles. The van der Waals surface area contributed by atoms with Gasteiger partial charge in [0.2, 0.25) is 0 Å². The largest absolute Gasteiger partial charge is 0.388 e. The van der Waals surface area contributed by atoms with Crippen LogP contribution < -0.4 is 0 Å². The van der Waals surface area contributed by atoms with Crippen LogP contribution in [0.25, 0.3) is 0 Å². The zero-order chi connectivity index (χ0) is 6.85. The van der Waals surface area contributed by atoms with Crippen LogP contribution in [0, 0.1) is 5.92 Å². The highest BCUT2D eigenvalue weighted by atomic mass is 16.3. The van der Waals surface area contributed by atoms with Gasteiger partial charge in [0.25, 0.3) is 0 Å². The Morgan fingerprint density at radius 1 is 1.56 bits per heavy atom. The predicted octanol–water partition coefficient (Wildman–Crippen LogP) is 1.50. The van der Waals surface area contributed by atoms with Crippen LogP contribution >= 0.6 is 0 Å². The van der Waals surface area contributed by atoms with Crippen molar-refractivity contribution in [3.63, 3.8) is 0 Å². The topological polar surface area (TPSA) is 20.2 Å². The molecule has 0 heterocycles. The van der Waals surface area contributed by atoms with E-state index in [1.807, 2.05) is 26.0 Å². The Balaban J connectivity index is 2.70. The molecule has 0 aromatic rings. The molecule has 0 aromatic carbocycles. The number of aliphatic hydroxyl groups is 1. The molecule has 0 spiro atoms. The van der Waals surface area contributed by atoms with Gasteiger partial charge in [-0.25, -0.2) is 0 Å². The quantitative estimate of drug-likeness (QED) is 0.519. The van der Waals surface area contributed by atoms with Crippen molar-refractivity contribution in [1.29, 1.82) is 0 Å². The summed E-state index contributed by atoms with van der Waals surface area (Å²) in [6.45, 7) is 4.05. The molecular weight excluding hydrogens is 112 g/mol. The van der Waals surface area contributed by atoms with Crippen LogP contribution in [0.2, 0.25) is 0 Å². The third kappa shape index (κ3) is 1.42. The molecule has 1 heteroatoms. The number of hydrogen-bond donors (Lipinski definition) is 1. The minimum absolute atomic E-state index is 0.270. The molecule has 1 aliphatic carbocycles. The summed E-state index contributed by atoms with van der Waals surface area (Å²) in [7, 11) is 0. The van der Waals surface area contributed by atoms with Crippen molar-refractivity contribution in [2.24, 2.45) is 5.92 Å². The number of aliphatic hydroxyl groups excluding tert-OH is 1. The van der Waals surface area contributed by atoms with E-state index < -0.39 is 0 Å². The van der Waals surface area contributed by atoms with Gasteiger partial charge in [-0.2, -0.15) is 0 Å². The maximum absolute atomic E-state index is 9.16. The Labute approximate surface area is 55.7 Å². The van der Waals surface area contributed by atoms with Gasteiger partial charge in [-0.1, -0.05) is 30.7 Å². The number of allylic oxidation sites excluding steroid dienone is 2. The lowest BCUT2D eigenvalue weighted by Gasteiger charge is -2.15. The monoisotopic (exact) mass is 124 g/mol. The van der Waals surface area contributed by atoms with Gasteiger partial charge in [0.05, 0.1) is 6.10 Å². The minimum atomic E-state index is -0.270. The Hall–Kier alpha value is -0.560. The molecule has 1 N–H and O–H groups in total. The predicted molar refractivity (Wildman–Crippen MR) is 38.1 cm³/mol. The molecule has 0 radical (unpaired) electrons. The van der Waals surface area contributed by atoms with Gasteiger partial charge in [-0.15, -0.1) is 0 Å². The maximum atomic E-state index is 9.16. The van der Waals surface area contributed by atoms with Crippen molar-refractivity contribution in [3.8, 4) is 0 Å². The van der Waals surface area contributed by atoms with Crippen molar-refractivity contribution < 1.29 is 5.11 Å². The SMILES string of the molecule is CC1=C[C@H](C)C(O)C=C1. The highest BCUT2D eigenvalue weighted by Crippen LogP contribution is 2.15. The smallest absolute Gasteiger partial charge is 0.0784 e. The van der Waals surface area contributed by atoms with Gasteiger partial charge in [0.15, 0.2) is 0 Å². The minimum Gasteiger partial charge on any atom is -0.388 e. The van der Waals surface area contributed by atoms with Crippen LogP contribution in [-0.2, 0) is 0 Å². The Bertz CT molecular complexity index is 156. The van der Waals surface area contributed by atoms with Crippen LogP contribution in [0.3, 0.4) is 0 Å². The summed E-state index contributed by atoms with van der Waals surface area (Å²) in [6.07, 6.45) is 5.59. The molecule has 0 bridgehead atoms. The molecule has 0 amide bonds. The van der Waals surface area contributed by atoms with E-state index in [0.29, 0.717) is 0 Å². The van der Waals surface area contributed by atoms with Gasteiger partial charge in [0, 0.05) is 5.92 Å². The lowest BCUT2D eigenvalue weighted by atomic mass is 9.96. The molecule has 0 aromatic heterocycles. The lowest BCUT2D eigenvalue weighted by molar-refractivity contribution is 0.183. The Morgan fingerprint density at radius 2 is 2.22 bits per heavy atom. The first-order chi connectivity index (χ1) is 4.20. The highest BCUT2D eigenvalue weighted by Gasteiger charge is 2.10. The Morgan fingerprint density at radius 3 is 2.67 bits per heavy atom. The molecule has 1 aliphatic rings. The lowest BCUT2D eigenvalue weighted by Crippen LogP contribution is -2.14. The highest BCUT2D eigenvalue weighted by molar-refractivity contribution is 5.23. The van der Waals surface area contributed by atoms with E-state index in [1.54, 1.807) is 0 Å². The fourth-order valence-electron chi connectivity index (χ4n) is 0.994. The number of hydrogen-bond acceptors (Lipinski definition) is 1. The standard InChI is InChI=1S/C8H12O/c1-6-3-4-8(9)7(2)5-6/h3-5,7-9H,1-2H3/t7-,8?/m0/s1. The molecule has 50 valence electrons.